The summed E-state index contributed by atoms with van der Waals surface area (Å²) in [7, 11) is -1.26. The Morgan fingerprint density at radius 1 is 0.905 bits per heavy atom. The van der Waals surface area contributed by atoms with Crippen molar-refractivity contribution in [3.05, 3.63) is 83.9 Å². The zero-order valence-corrected chi connectivity index (χ0v) is 26.0. The standard InChI is InChI=1S/C32H41N3O6S/c1-7-28(32(37)33-20-23(2)3)34(21-25-13-11-12-24(4)18-25)31(36)22-35(42(38,39)27-14-9-8-10-15-27)26-16-17-29(40-5)30(19-26)41-6/h8-19,23,28H,7,20-22H2,1-6H3,(H,33,37)/t28-/m0/s1. The van der Waals surface area contributed by atoms with Crippen LogP contribution in [0, 0.1) is 12.8 Å². The molecule has 9 nitrogen and oxygen atoms in total. The lowest BCUT2D eigenvalue weighted by molar-refractivity contribution is -0.140. The predicted octanol–water partition coefficient (Wildman–Crippen LogP) is 4.79. The van der Waals surface area contributed by atoms with Crippen LogP contribution >= 0.6 is 0 Å². The second-order valence-corrected chi connectivity index (χ2v) is 12.3. The van der Waals surface area contributed by atoms with Crippen molar-refractivity contribution in [3.8, 4) is 11.5 Å². The number of nitrogens with zero attached hydrogens (tertiary/aromatic N) is 2. The molecule has 0 fully saturated rings. The minimum absolute atomic E-state index is 0.0273. The van der Waals surface area contributed by atoms with Crippen LogP contribution < -0.4 is 19.1 Å². The summed E-state index contributed by atoms with van der Waals surface area (Å²) in [6.45, 7) is 7.84. The predicted molar refractivity (Wildman–Crippen MR) is 164 cm³/mol. The van der Waals surface area contributed by atoms with Gasteiger partial charge >= 0.3 is 0 Å². The van der Waals surface area contributed by atoms with Gasteiger partial charge in [0.2, 0.25) is 11.8 Å². The fourth-order valence-electron chi connectivity index (χ4n) is 4.58. The van der Waals surface area contributed by atoms with Crippen LogP contribution in [0.5, 0.6) is 11.5 Å². The summed E-state index contributed by atoms with van der Waals surface area (Å²) >= 11 is 0. The van der Waals surface area contributed by atoms with Crippen LogP contribution in [0.2, 0.25) is 0 Å². The number of anilines is 1. The average Bonchev–Trinajstić information content (AvgIpc) is 2.98. The van der Waals surface area contributed by atoms with Crippen molar-refractivity contribution in [2.24, 2.45) is 5.92 Å². The number of ether oxygens (including phenoxy) is 2. The Balaban J connectivity index is 2.09. The average molecular weight is 596 g/mol. The van der Waals surface area contributed by atoms with Gasteiger partial charge < -0.3 is 19.7 Å². The van der Waals surface area contributed by atoms with Crippen molar-refractivity contribution in [1.29, 1.82) is 0 Å². The Kier molecular flexibility index (Phi) is 11.4. The molecule has 0 spiro atoms. The first-order valence-corrected chi connectivity index (χ1v) is 15.4. The first-order chi connectivity index (χ1) is 20.0. The van der Waals surface area contributed by atoms with E-state index in [1.165, 1.54) is 37.3 Å². The highest BCUT2D eigenvalue weighted by molar-refractivity contribution is 7.92. The number of aryl methyl sites for hydroxylation is 1. The topological polar surface area (TPSA) is 105 Å². The molecule has 0 aliphatic carbocycles. The van der Waals surface area contributed by atoms with Crippen molar-refractivity contribution in [2.45, 2.75) is 51.6 Å². The van der Waals surface area contributed by atoms with Gasteiger partial charge in [-0.05, 0) is 49.1 Å². The van der Waals surface area contributed by atoms with Gasteiger partial charge in [-0.1, -0.05) is 68.8 Å². The highest BCUT2D eigenvalue weighted by Gasteiger charge is 2.34. The zero-order valence-electron chi connectivity index (χ0n) is 25.2. The number of sulfonamides is 1. The van der Waals surface area contributed by atoms with Gasteiger partial charge in [-0.15, -0.1) is 0 Å². The third-order valence-corrected chi connectivity index (χ3v) is 8.56. The summed E-state index contributed by atoms with van der Waals surface area (Å²) in [5.41, 5.74) is 2.07. The number of carbonyl (C=O) groups is 2. The Morgan fingerprint density at radius 2 is 1.60 bits per heavy atom. The van der Waals surface area contributed by atoms with Gasteiger partial charge in [0.15, 0.2) is 11.5 Å². The molecule has 1 atom stereocenters. The van der Waals surface area contributed by atoms with E-state index in [2.05, 4.69) is 5.32 Å². The van der Waals surface area contributed by atoms with Crippen molar-refractivity contribution in [1.82, 2.24) is 10.2 Å². The van der Waals surface area contributed by atoms with Crippen LogP contribution in [0.15, 0.2) is 77.7 Å². The first-order valence-electron chi connectivity index (χ1n) is 13.9. The Labute approximate surface area is 249 Å². The number of hydrogen-bond donors (Lipinski definition) is 1. The van der Waals surface area contributed by atoms with E-state index in [1.54, 1.807) is 30.3 Å². The monoisotopic (exact) mass is 595 g/mol. The summed E-state index contributed by atoms with van der Waals surface area (Å²) in [4.78, 5) is 29.0. The highest BCUT2D eigenvalue weighted by atomic mass is 32.2. The molecule has 0 saturated heterocycles. The molecule has 3 rings (SSSR count). The normalized spacial score (nSPS) is 12.0. The van der Waals surface area contributed by atoms with Crippen LogP contribution in [0.3, 0.4) is 0 Å². The van der Waals surface area contributed by atoms with Crippen molar-refractivity contribution < 1.29 is 27.5 Å². The van der Waals surface area contributed by atoms with Crippen LogP contribution in [-0.4, -0.2) is 58.5 Å². The van der Waals surface area contributed by atoms with Crippen molar-refractivity contribution in [3.63, 3.8) is 0 Å². The van der Waals surface area contributed by atoms with Gasteiger partial charge in [0, 0.05) is 19.2 Å². The molecule has 0 saturated carbocycles. The maximum atomic E-state index is 14.2. The largest absolute Gasteiger partial charge is 0.493 e. The number of benzene rings is 3. The number of hydrogen-bond acceptors (Lipinski definition) is 6. The van der Waals surface area contributed by atoms with Gasteiger partial charge in [-0.2, -0.15) is 0 Å². The molecule has 2 amide bonds. The van der Waals surface area contributed by atoms with E-state index in [1.807, 2.05) is 52.0 Å². The van der Waals surface area contributed by atoms with Crippen molar-refractivity contribution >= 4 is 27.5 Å². The lowest BCUT2D eigenvalue weighted by atomic mass is 10.1. The van der Waals surface area contributed by atoms with E-state index in [4.69, 9.17) is 9.47 Å². The molecule has 42 heavy (non-hydrogen) atoms. The van der Waals surface area contributed by atoms with Gasteiger partial charge in [0.1, 0.15) is 12.6 Å². The summed E-state index contributed by atoms with van der Waals surface area (Å²) < 4.78 is 39.8. The van der Waals surface area contributed by atoms with Gasteiger partial charge in [-0.25, -0.2) is 8.42 Å². The zero-order chi connectivity index (χ0) is 30.9. The molecular formula is C32H41N3O6S. The van der Waals surface area contributed by atoms with Gasteiger partial charge in [0.05, 0.1) is 24.8 Å². The van der Waals surface area contributed by atoms with Crippen LogP contribution in [0.1, 0.15) is 38.3 Å². The maximum absolute atomic E-state index is 14.2. The third kappa shape index (κ3) is 8.03. The number of methoxy groups -OCH3 is 2. The number of carbonyl (C=O) groups excluding carboxylic acids is 2. The molecule has 0 radical (unpaired) electrons. The van der Waals surface area contributed by atoms with Crippen LogP contribution in [0.4, 0.5) is 5.69 Å². The fraction of sp³-hybridized carbons (Fsp3) is 0.375. The maximum Gasteiger partial charge on any atom is 0.264 e. The summed E-state index contributed by atoms with van der Waals surface area (Å²) in [5, 5.41) is 2.94. The molecule has 0 aromatic heterocycles. The molecule has 226 valence electrons. The Morgan fingerprint density at radius 3 is 2.19 bits per heavy atom. The molecule has 3 aromatic rings. The van der Waals surface area contributed by atoms with Crippen LogP contribution in [0.25, 0.3) is 0 Å². The van der Waals surface area contributed by atoms with E-state index < -0.39 is 28.5 Å². The summed E-state index contributed by atoms with van der Waals surface area (Å²) in [6.07, 6.45) is 0.350. The molecule has 3 aromatic carbocycles. The lowest BCUT2D eigenvalue weighted by Crippen LogP contribution is -2.52. The summed E-state index contributed by atoms with van der Waals surface area (Å²) in [5.74, 6) is 0.155. The van der Waals surface area contributed by atoms with E-state index in [0.29, 0.717) is 24.5 Å². The minimum atomic E-state index is -4.19. The lowest BCUT2D eigenvalue weighted by Gasteiger charge is -2.33. The minimum Gasteiger partial charge on any atom is -0.493 e. The van der Waals surface area contributed by atoms with Gasteiger partial charge in [-0.3, -0.25) is 13.9 Å². The molecule has 0 aliphatic heterocycles. The Bertz CT molecular complexity index is 1460. The molecular weight excluding hydrogens is 554 g/mol. The second kappa shape index (κ2) is 14.7. The number of rotatable bonds is 14. The van der Waals surface area contributed by atoms with E-state index >= 15 is 0 Å². The number of nitrogens with one attached hydrogen (secondary N) is 1. The molecule has 0 heterocycles. The third-order valence-electron chi connectivity index (χ3n) is 6.77. The van der Waals surface area contributed by atoms with E-state index in [9.17, 15) is 18.0 Å². The second-order valence-electron chi connectivity index (χ2n) is 10.4. The highest BCUT2D eigenvalue weighted by Crippen LogP contribution is 2.34. The molecule has 0 aliphatic rings. The molecule has 10 heteroatoms. The molecule has 0 bridgehead atoms. The van der Waals surface area contributed by atoms with Crippen molar-refractivity contribution in [2.75, 3.05) is 31.6 Å². The summed E-state index contributed by atoms with van der Waals surface area (Å²) in [6, 6.07) is 19.5. The van der Waals surface area contributed by atoms with E-state index in [0.717, 1.165) is 15.4 Å². The quantitative estimate of drug-likeness (QED) is 0.288. The van der Waals surface area contributed by atoms with Gasteiger partial charge in [0.25, 0.3) is 10.0 Å². The van der Waals surface area contributed by atoms with Crippen LogP contribution in [-0.2, 0) is 26.2 Å². The molecule has 1 N–H and O–H groups in total. The fourth-order valence-corrected chi connectivity index (χ4v) is 6.00. The number of amides is 2. The SMILES string of the molecule is CC[C@@H](C(=O)NCC(C)C)N(Cc1cccc(C)c1)C(=O)CN(c1ccc(OC)c(OC)c1)S(=O)(=O)c1ccccc1. The smallest absolute Gasteiger partial charge is 0.264 e. The first kappa shape index (κ1) is 32.5. The van der Waals surface area contributed by atoms with E-state index in [-0.39, 0.29) is 29.0 Å². The Hall–Kier alpha value is -4.05. The molecule has 0 unspecified atom stereocenters.